The van der Waals surface area contributed by atoms with Crippen LogP contribution in [0.15, 0.2) is 0 Å². The first-order chi connectivity index (χ1) is 7.41. The van der Waals surface area contributed by atoms with E-state index in [0.717, 1.165) is 0 Å². The van der Waals surface area contributed by atoms with Crippen LogP contribution in [-0.4, -0.2) is 4.61 Å². The molecular weight excluding hydrogens is 234 g/mol. The van der Waals surface area contributed by atoms with Crippen LogP contribution < -0.4 is 0 Å². The predicted molar refractivity (Wildman–Crippen MR) is 67.1 cm³/mol. The molecule has 0 rings (SSSR count). The molecule has 0 aliphatic rings. The van der Waals surface area contributed by atoms with E-state index in [1.54, 1.807) is 0 Å². The third kappa shape index (κ3) is 14.5. The summed E-state index contributed by atoms with van der Waals surface area (Å²) in [6, 6.07) is 0. The quantitative estimate of drug-likeness (QED) is 0.341. The Labute approximate surface area is 106 Å². The van der Waals surface area contributed by atoms with Crippen molar-refractivity contribution in [3.05, 3.63) is 0 Å². The molecule has 0 heterocycles. The minimum absolute atomic E-state index is 1.37. The van der Waals surface area contributed by atoms with Crippen molar-refractivity contribution >= 4 is 4.61 Å². The first kappa shape index (κ1) is 15.5. The Balaban J connectivity index is 2.83. The van der Waals surface area contributed by atoms with Gasteiger partial charge in [-0.2, -0.15) is 0 Å². The van der Waals surface area contributed by atoms with Crippen molar-refractivity contribution in [2.75, 3.05) is 0 Å². The van der Waals surface area contributed by atoms with Gasteiger partial charge in [0.25, 0.3) is 0 Å². The molecule has 0 N–H and O–H groups in total. The van der Waals surface area contributed by atoms with Crippen molar-refractivity contribution in [1.82, 2.24) is 0 Å². The maximum absolute atomic E-state index is 2.41. The van der Waals surface area contributed by atoms with Crippen LogP contribution in [-0.2, 0) is 17.9 Å². The van der Waals surface area contributed by atoms with Gasteiger partial charge in [0.15, 0.2) is 0 Å². The third-order valence-corrected chi connectivity index (χ3v) is 3.87. The van der Waals surface area contributed by atoms with E-state index >= 15 is 0 Å². The first-order valence-corrected chi connectivity index (χ1v) is 8.74. The van der Waals surface area contributed by atoms with Gasteiger partial charge in [-0.25, -0.2) is 0 Å². The molecule has 0 radical (unpaired) electrons. The number of rotatable bonds is 12. The minimum atomic E-state index is 1.37. The fourth-order valence-corrected chi connectivity index (χ4v) is 2.56. The standard InChI is InChI=1S/C14H28.Zn/c1-3-5-7-9-11-13-14-12-10-8-6-4-2;/h1H,3-14H2,2H3;. The van der Waals surface area contributed by atoms with Gasteiger partial charge < -0.3 is 0 Å². The molecule has 0 spiro atoms. The zero-order valence-electron chi connectivity index (χ0n) is 10.8. The molecule has 0 unspecified atom stereocenters. The molecule has 15 heavy (non-hydrogen) atoms. The van der Waals surface area contributed by atoms with E-state index in [4.69, 9.17) is 0 Å². The van der Waals surface area contributed by atoms with Crippen LogP contribution in [0.25, 0.3) is 0 Å². The van der Waals surface area contributed by atoms with Crippen molar-refractivity contribution < 1.29 is 17.9 Å². The summed E-state index contributed by atoms with van der Waals surface area (Å²) in [7, 11) is 0. The fourth-order valence-electron chi connectivity index (χ4n) is 1.95. The second-order valence-corrected chi connectivity index (χ2v) is 5.82. The summed E-state index contributed by atoms with van der Waals surface area (Å²) in [6.07, 6.45) is 17.4. The van der Waals surface area contributed by atoms with Crippen molar-refractivity contribution in [2.24, 2.45) is 0 Å². The molecule has 1 heteroatoms. The Morgan fingerprint density at radius 1 is 0.667 bits per heavy atom. The maximum atomic E-state index is 2.41. The van der Waals surface area contributed by atoms with E-state index in [9.17, 15) is 0 Å². The van der Waals surface area contributed by atoms with Crippen molar-refractivity contribution in [2.45, 2.75) is 84.0 Å². The van der Waals surface area contributed by atoms with Gasteiger partial charge in [-0.1, -0.05) is 13.3 Å². The Hall–Kier alpha value is 0.493. The second kappa shape index (κ2) is 14.5. The number of hydrogen-bond acceptors (Lipinski definition) is 0. The van der Waals surface area contributed by atoms with Crippen LogP contribution in [0.2, 0.25) is 0 Å². The van der Waals surface area contributed by atoms with Crippen LogP contribution in [0.1, 0.15) is 84.0 Å². The van der Waals surface area contributed by atoms with Gasteiger partial charge in [0.05, 0.1) is 0 Å². The summed E-state index contributed by atoms with van der Waals surface area (Å²) in [4.78, 5) is 0. The van der Waals surface area contributed by atoms with Crippen LogP contribution in [0.4, 0.5) is 0 Å². The molecular formula is C14H28Zn. The Kier molecular flexibility index (Phi) is 15.0. The van der Waals surface area contributed by atoms with Crippen LogP contribution in [0, 0.1) is 0 Å². The molecule has 0 amide bonds. The summed E-state index contributed by atoms with van der Waals surface area (Å²) >= 11 is 1.37. The molecule has 0 aromatic heterocycles. The molecule has 86 valence electrons. The zero-order valence-corrected chi connectivity index (χ0v) is 13.7. The number of unbranched alkanes of at least 4 members (excludes halogenated alkanes) is 11. The van der Waals surface area contributed by atoms with E-state index < -0.39 is 0 Å². The third-order valence-electron chi connectivity index (χ3n) is 3.01. The predicted octanol–water partition coefficient (Wildman–Crippen LogP) is 5.04. The molecule has 0 fully saturated rings. The van der Waals surface area contributed by atoms with Crippen molar-refractivity contribution in [1.29, 1.82) is 0 Å². The Morgan fingerprint density at radius 2 is 1.07 bits per heavy atom. The van der Waals surface area contributed by atoms with Gasteiger partial charge in [0, 0.05) is 0 Å². The van der Waals surface area contributed by atoms with E-state index in [1.807, 2.05) is 0 Å². The van der Waals surface area contributed by atoms with Crippen molar-refractivity contribution in [3.63, 3.8) is 0 Å². The molecule has 0 bridgehead atoms. The summed E-state index contributed by atoms with van der Waals surface area (Å²) in [5, 5.41) is 0. The first-order valence-electron chi connectivity index (χ1n) is 7.02. The van der Waals surface area contributed by atoms with Gasteiger partial charge in [-0.3, -0.25) is 0 Å². The fraction of sp³-hybridized carbons (Fsp3) is 0.929. The van der Waals surface area contributed by atoms with Crippen LogP contribution >= 0.6 is 0 Å². The Morgan fingerprint density at radius 3 is 1.47 bits per heavy atom. The molecule has 0 aliphatic carbocycles. The zero-order chi connectivity index (χ0) is 11.2. The van der Waals surface area contributed by atoms with Gasteiger partial charge >= 0.3 is 93.1 Å². The second-order valence-electron chi connectivity index (χ2n) is 4.61. The molecule has 0 aliphatic heterocycles. The average Bonchev–Trinajstić information content (AvgIpc) is 2.26. The monoisotopic (exact) mass is 260 g/mol. The van der Waals surface area contributed by atoms with E-state index in [2.05, 4.69) is 11.5 Å². The molecule has 0 aromatic carbocycles. The van der Waals surface area contributed by atoms with Gasteiger partial charge in [0.2, 0.25) is 0 Å². The van der Waals surface area contributed by atoms with Crippen molar-refractivity contribution in [3.8, 4) is 0 Å². The van der Waals surface area contributed by atoms with Crippen LogP contribution in [0.3, 0.4) is 0 Å². The topological polar surface area (TPSA) is 0 Å². The Bertz CT molecular complexity index is 121. The number of hydrogen-bond donors (Lipinski definition) is 0. The van der Waals surface area contributed by atoms with E-state index in [0.29, 0.717) is 0 Å². The van der Waals surface area contributed by atoms with Crippen LogP contribution in [0.5, 0.6) is 0 Å². The molecule has 0 nitrogen and oxygen atoms in total. The normalized spacial score (nSPS) is 10.6. The molecule has 0 saturated heterocycles. The van der Waals surface area contributed by atoms with Gasteiger partial charge in [-0.05, 0) is 0 Å². The van der Waals surface area contributed by atoms with E-state index in [1.165, 1.54) is 94.9 Å². The summed E-state index contributed by atoms with van der Waals surface area (Å²) in [5.74, 6) is 0. The molecule has 0 saturated carbocycles. The van der Waals surface area contributed by atoms with E-state index in [-0.39, 0.29) is 0 Å². The average molecular weight is 262 g/mol. The SMILES string of the molecule is CCCCCCCCCCCCC[CH]=[Zn]. The summed E-state index contributed by atoms with van der Waals surface area (Å²) < 4.78 is 2.41. The summed E-state index contributed by atoms with van der Waals surface area (Å²) in [6.45, 7) is 2.29. The molecule has 0 atom stereocenters. The van der Waals surface area contributed by atoms with Gasteiger partial charge in [-0.15, -0.1) is 0 Å². The summed E-state index contributed by atoms with van der Waals surface area (Å²) in [5.41, 5.74) is 0. The molecule has 0 aromatic rings. The van der Waals surface area contributed by atoms with Gasteiger partial charge in [0.1, 0.15) is 0 Å².